The van der Waals surface area contributed by atoms with Gasteiger partial charge in [-0.3, -0.25) is 0 Å². The van der Waals surface area contributed by atoms with E-state index >= 15 is 0 Å². The number of furan rings is 1. The van der Waals surface area contributed by atoms with Crippen LogP contribution in [0, 0.1) is 0 Å². The number of fused-ring (bicyclic) bond motifs is 12. The molecule has 2 aromatic heterocycles. The molecule has 106 heavy (non-hydrogen) atoms. The van der Waals surface area contributed by atoms with Crippen molar-refractivity contribution in [2.24, 2.45) is 0 Å². The Morgan fingerprint density at radius 1 is 0.179 bits per heavy atom. The third-order valence-corrected chi connectivity index (χ3v) is 23.3. The van der Waals surface area contributed by atoms with Crippen LogP contribution in [0.15, 0.2) is 393 Å². The molecule has 0 amide bonds. The molecular formula is C104H64OS. The van der Waals surface area contributed by atoms with Gasteiger partial charge in [0.1, 0.15) is 11.2 Å². The lowest BCUT2D eigenvalue weighted by molar-refractivity contribution is 0.670. The van der Waals surface area contributed by atoms with Crippen molar-refractivity contribution in [3.05, 3.63) is 388 Å². The molecule has 2 aliphatic rings. The number of hydrogen-bond acceptors (Lipinski definition) is 2. The Morgan fingerprint density at radius 3 is 0.953 bits per heavy atom. The van der Waals surface area contributed by atoms with Crippen molar-refractivity contribution in [3.8, 4) is 156 Å². The first kappa shape index (κ1) is 61.2. The molecule has 0 N–H and O–H groups in total. The number of benzene rings is 18. The number of hydrogen-bond donors (Lipinski definition) is 0. The summed E-state index contributed by atoms with van der Waals surface area (Å²) in [4.78, 5) is 0. The molecule has 1 nitrogen and oxygen atoms in total. The van der Waals surface area contributed by atoms with E-state index in [1.807, 2.05) is 23.5 Å². The van der Waals surface area contributed by atoms with Gasteiger partial charge in [-0.1, -0.05) is 364 Å². The second kappa shape index (κ2) is 25.2. The van der Waals surface area contributed by atoms with Gasteiger partial charge in [-0.25, -0.2) is 0 Å². The van der Waals surface area contributed by atoms with Crippen molar-refractivity contribution in [1.82, 2.24) is 0 Å². The van der Waals surface area contributed by atoms with Crippen LogP contribution in [0.2, 0.25) is 0 Å². The Kier molecular flexibility index (Phi) is 14.5. The Hall–Kier alpha value is -13.5. The van der Waals surface area contributed by atoms with Crippen LogP contribution in [0.4, 0.5) is 0 Å². The summed E-state index contributed by atoms with van der Waals surface area (Å²) < 4.78 is 9.03. The van der Waals surface area contributed by atoms with Crippen LogP contribution >= 0.6 is 11.3 Å². The van der Waals surface area contributed by atoms with E-state index in [0.717, 1.165) is 33.1 Å². The van der Waals surface area contributed by atoms with Gasteiger partial charge in [0.25, 0.3) is 0 Å². The van der Waals surface area contributed by atoms with E-state index in [1.165, 1.54) is 186 Å². The minimum absolute atomic E-state index is 0.919. The van der Waals surface area contributed by atoms with Crippen LogP contribution in [-0.4, -0.2) is 0 Å². The van der Waals surface area contributed by atoms with Crippen molar-refractivity contribution >= 4 is 75.0 Å². The summed E-state index contributed by atoms with van der Waals surface area (Å²) in [6.45, 7) is 0. The Morgan fingerprint density at radius 2 is 0.491 bits per heavy atom. The molecule has 22 rings (SSSR count). The highest BCUT2D eigenvalue weighted by atomic mass is 32.1. The average Bonchev–Trinajstić information content (AvgIpc) is 1.55. The lowest BCUT2D eigenvalue weighted by atomic mass is 9.82. The van der Waals surface area contributed by atoms with E-state index in [4.69, 9.17) is 4.42 Å². The monoisotopic (exact) mass is 1360 g/mol. The molecular weight excluding hydrogens is 1300 g/mol. The predicted octanol–water partition coefficient (Wildman–Crippen LogP) is 29.9. The van der Waals surface area contributed by atoms with Crippen molar-refractivity contribution < 1.29 is 4.42 Å². The van der Waals surface area contributed by atoms with E-state index in [-0.39, 0.29) is 0 Å². The van der Waals surface area contributed by atoms with Gasteiger partial charge in [-0.05, 0) is 196 Å². The first-order chi connectivity index (χ1) is 52.6. The van der Waals surface area contributed by atoms with Gasteiger partial charge in [0.15, 0.2) is 0 Å². The quantitative estimate of drug-likeness (QED) is 0.133. The fraction of sp³-hybridized carbons (Fsp3) is 0. The van der Waals surface area contributed by atoms with Crippen molar-refractivity contribution in [3.63, 3.8) is 0 Å². The number of thiophene rings is 1. The van der Waals surface area contributed by atoms with Crippen molar-refractivity contribution in [2.75, 3.05) is 0 Å². The maximum atomic E-state index is 6.35. The number of para-hydroxylation sites is 2. The summed E-state index contributed by atoms with van der Waals surface area (Å²) in [5.74, 6) is 0. The third-order valence-electron chi connectivity index (χ3n) is 22.1. The van der Waals surface area contributed by atoms with Gasteiger partial charge < -0.3 is 4.42 Å². The van der Waals surface area contributed by atoms with Gasteiger partial charge in [0, 0.05) is 36.5 Å². The van der Waals surface area contributed by atoms with E-state index < -0.39 is 0 Å². The zero-order valence-electron chi connectivity index (χ0n) is 57.8. The van der Waals surface area contributed by atoms with Crippen molar-refractivity contribution in [2.45, 2.75) is 0 Å². The summed E-state index contributed by atoms with van der Waals surface area (Å²) in [6.07, 6.45) is 0. The normalized spacial score (nSPS) is 11.8. The highest BCUT2D eigenvalue weighted by molar-refractivity contribution is 7.26. The molecule has 2 aliphatic carbocycles. The summed E-state index contributed by atoms with van der Waals surface area (Å²) in [5.41, 5.74) is 36.9. The number of rotatable bonds is 10. The van der Waals surface area contributed by atoms with E-state index in [1.54, 1.807) is 0 Å². The molecule has 0 fully saturated rings. The van der Waals surface area contributed by atoms with Gasteiger partial charge in [0.05, 0.1) is 0 Å². The standard InChI is InChI=1S/C52H32O.C52H32S/c2*1-3-12-35(13-4-1)46-32-45(49(39-14-5-2-6-15-39)51-44-22-10-17-38-16-9-21-43(48(38)44)50(46)51)37-30-26-34(27-31-37)33-24-28-36(29-25-33)40-19-11-20-42-41-18-7-8-23-47(41)53-52(40)42/h2*1-32H. The van der Waals surface area contributed by atoms with Crippen molar-refractivity contribution in [1.29, 1.82) is 0 Å². The molecule has 0 saturated heterocycles. The molecule has 0 bridgehead atoms. The van der Waals surface area contributed by atoms with Gasteiger partial charge in [0.2, 0.25) is 0 Å². The van der Waals surface area contributed by atoms with Crippen LogP contribution in [0.25, 0.3) is 219 Å². The summed E-state index contributed by atoms with van der Waals surface area (Å²) >= 11 is 1.88. The molecule has 0 saturated carbocycles. The lowest BCUT2D eigenvalue weighted by Gasteiger charge is -2.21. The molecule has 18 aromatic carbocycles. The van der Waals surface area contributed by atoms with Crippen LogP contribution in [-0.2, 0) is 0 Å². The molecule has 0 unspecified atom stereocenters. The molecule has 492 valence electrons. The minimum Gasteiger partial charge on any atom is -0.455 e. The average molecular weight is 1360 g/mol. The van der Waals surface area contributed by atoms with Crippen LogP contribution in [0.3, 0.4) is 0 Å². The Labute approximate surface area is 619 Å². The second-order valence-corrected chi connectivity index (χ2v) is 29.0. The second-order valence-electron chi connectivity index (χ2n) is 27.9. The minimum atomic E-state index is 0.919. The van der Waals surface area contributed by atoms with Crippen LogP contribution in [0.1, 0.15) is 0 Å². The third kappa shape index (κ3) is 10.1. The van der Waals surface area contributed by atoms with Crippen LogP contribution in [0.5, 0.6) is 0 Å². The maximum Gasteiger partial charge on any atom is 0.143 e. The SMILES string of the molecule is c1ccc(-c2cc(-c3ccc(-c4ccc(-c5cccc6c5oc5ccccc56)cc4)cc3)c(-c3ccccc3)c3c2-c2cccc4cccc-3c24)cc1.c1ccc(-c2cc(-c3ccc(-c4ccc(-c5cccc6c5sc5ccccc56)cc4)cc3)c(-c3ccccc3)c3c2-c2cccc4cccc-3c24)cc1. The lowest BCUT2D eigenvalue weighted by Crippen LogP contribution is -1.94. The maximum absolute atomic E-state index is 6.35. The van der Waals surface area contributed by atoms with Gasteiger partial charge >= 0.3 is 0 Å². The zero-order chi connectivity index (χ0) is 69.8. The molecule has 2 heterocycles. The van der Waals surface area contributed by atoms with Gasteiger partial charge in [-0.15, -0.1) is 11.3 Å². The topological polar surface area (TPSA) is 13.1 Å². The van der Waals surface area contributed by atoms with E-state index in [2.05, 4.69) is 376 Å². The predicted molar refractivity (Wildman–Crippen MR) is 451 cm³/mol. The fourth-order valence-corrected chi connectivity index (χ4v) is 18.5. The Bertz CT molecular complexity index is 6420. The molecule has 0 atom stereocenters. The van der Waals surface area contributed by atoms with Gasteiger partial charge in [-0.2, -0.15) is 0 Å². The largest absolute Gasteiger partial charge is 0.455 e. The Balaban J connectivity index is 0.000000136. The summed E-state index contributed by atoms with van der Waals surface area (Å²) in [6, 6.07) is 142. The molecule has 20 aromatic rings. The van der Waals surface area contributed by atoms with E-state index in [0.29, 0.717) is 0 Å². The fourth-order valence-electron chi connectivity index (χ4n) is 17.3. The summed E-state index contributed by atoms with van der Waals surface area (Å²) in [5, 5.41) is 10.2. The molecule has 0 spiro atoms. The molecule has 0 radical (unpaired) electrons. The molecule has 2 heteroatoms. The van der Waals surface area contributed by atoms with E-state index in [9.17, 15) is 0 Å². The summed E-state index contributed by atoms with van der Waals surface area (Å²) in [7, 11) is 0. The first-order valence-electron chi connectivity index (χ1n) is 36.5. The highest BCUT2D eigenvalue weighted by Gasteiger charge is 2.32. The zero-order valence-corrected chi connectivity index (χ0v) is 58.6. The highest BCUT2D eigenvalue weighted by Crippen LogP contribution is 2.60. The van der Waals surface area contributed by atoms with Crippen LogP contribution < -0.4 is 0 Å². The smallest absolute Gasteiger partial charge is 0.143 e. The molecule has 0 aliphatic heterocycles. The first-order valence-corrected chi connectivity index (χ1v) is 37.3.